The van der Waals surface area contributed by atoms with Crippen LogP contribution in [-0.2, 0) is 6.61 Å². The lowest BCUT2D eigenvalue weighted by Crippen LogP contribution is -2.23. The number of hydrogen-bond acceptors (Lipinski definition) is 5. The van der Waals surface area contributed by atoms with E-state index in [4.69, 9.17) is 14.5 Å². The molecule has 168 valence electrons. The van der Waals surface area contributed by atoms with Crippen LogP contribution in [0.1, 0.15) is 42.3 Å². The smallest absolute Gasteiger partial charge is 0.282 e. The molecule has 1 aromatic heterocycles. The van der Waals surface area contributed by atoms with Gasteiger partial charge >= 0.3 is 0 Å². The van der Waals surface area contributed by atoms with Gasteiger partial charge in [-0.15, -0.1) is 0 Å². The van der Waals surface area contributed by atoms with Crippen LogP contribution in [0.15, 0.2) is 76.6 Å². The summed E-state index contributed by atoms with van der Waals surface area (Å²) in [4.78, 5) is 18.0. The Morgan fingerprint density at radius 2 is 1.79 bits per heavy atom. The first-order valence-corrected chi connectivity index (χ1v) is 10.9. The Balaban J connectivity index is 1.77. The lowest BCUT2D eigenvalue weighted by Gasteiger charge is -2.16. The van der Waals surface area contributed by atoms with E-state index in [9.17, 15) is 4.79 Å². The molecule has 0 aliphatic carbocycles. The van der Waals surface area contributed by atoms with Crippen molar-refractivity contribution < 1.29 is 9.47 Å². The van der Waals surface area contributed by atoms with E-state index in [0.717, 1.165) is 22.4 Å². The van der Waals surface area contributed by atoms with E-state index in [0.29, 0.717) is 28.4 Å². The molecule has 1 heterocycles. The number of para-hydroxylation sites is 2. The maximum absolute atomic E-state index is 13.3. The van der Waals surface area contributed by atoms with E-state index >= 15 is 0 Å². The fourth-order valence-corrected chi connectivity index (χ4v) is 3.66. The summed E-state index contributed by atoms with van der Waals surface area (Å²) in [5, 5.41) is 4.98. The van der Waals surface area contributed by atoms with Crippen molar-refractivity contribution in [2.75, 3.05) is 7.11 Å². The van der Waals surface area contributed by atoms with Gasteiger partial charge in [0.1, 0.15) is 18.1 Å². The van der Waals surface area contributed by atoms with E-state index in [-0.39, 0.29) is 12.2 Å². The van der Waals surface area contributed by atoms with Gasteiger partial charge in [0, 0.05) is 5.56 Å². The zero-order valence-corrected chi connectivity index (χ0v) is 19.3. The lowest BCUT2D eigenvalue weighted by molar-refractivity contribution is 0.285. The Bertz CT molecular complexity index is 1370. The van der Waals surface area contributed by atoms with Gasteiger partial charge in [0.2, 0.25) is 0 Å². The van der Waals surface area contributed by atoms with Gasteiger partial charge in [-0.3, -0.25) is 4.79 Å². The predicted octanol–water partition coefficient (Wildman–Crippen LogP) is 5.30. The number of nitrogens with zero attached hydrogens (tertiary/aromatic N) is 3. The van der Waals surface area contributed by atoms with Crippen LogP contribution in [0, 0.1) is 6.92 Å². The molecule has 0 aliphatic heterocycles. The molecule has 6 nitrogen and oxygen atoms in total. The molecule has 0 aliphatic rings. The standard InChI is InChI=1S/C27H27N3O3/c1-18(2)21-14-13-19(3)15-25(21)33-17-26-29-23-11-7-6-10-22(23)27(31)30(26)28-16-20-9-5-8-12-24(20)32-4/h5-16,18H,17H2,1-4H3/b28-16-. The Morgan fingerprint density at radius 1 is 1.03 bits per heavy atom. The molecule has 0 saturated carbocycles. The number of aryl methyl sites for hydroxylation is 1. The van der Waals surface area contributed by atoms with Crippen molar-refractivity contribution in [3.8, 4) is 11.5 Å². The van der Waals surface area contributed by atoms with Crippen LogP contribution in [-0.4, -0.2) is 23.0 Å². The summed E-state index contributed by atoms with van der Waals surface area (Å²) in [6, 6.07) is 20.9. The summed E-state index contributed by atoms with van der Waals surface area (Å²) in [6.45, 7) is 6.38. The molecule has 0 saturated heterocycles. The highest BCUT2D eigenvalue weighted by molar-refractivity contribution is 5.83. The van der Waals surface area contributed by atoms with E-state index in [1.165, 1.54) is 4.68 Å². The number of ether oxygens (including phenoxy) is 2. The van der Waals surface area contributed by atoms with Crippen LogP contribution in [0.4, 0.5) is 0 Å². The summed E-state index contributed by atoms with van der Waals surface area (Å²) in [5.74, 6) is 2.17. The number of fused-ring (bicyclic) bond motifs is 1. The summed E-state index contributed by atoms with van der Waals surface area (Å²) in [6.07, 6.45) is 1.60. The SMILES string of the molecule is COc1ccccc1/C=N\n1c(COc2cc(C)ccc2C(C)C)nc2ccccc2c1=O. The largest absolute Gasteiger partial charge is 0.496 e. The van der Waals surface area contributed by atoms with Gasteiger partial charge in [0.25, 0.3) is 5.56 Å². The third kappa shape index (κ3) is 4.80. The molecule has 0 atom stereocenters. The maximum Gasteiger partial charge on any atom is 0.282 e. The predicted molar refractivity (Wildman–Crippen MR) is 132 cm³/mol. The van der Waals surface area contributed by atoms with Crippen LogP contribution in [0.3, 0.4) is 0 Å². The Kier molecular flexibility index (Phi) is 6.54. The third-order valence-electron chi connectivity index (χ3n) is 5.42. The third-order valence-corrected chi connectivity index (χ3v) is 5.42. The second-order valence-corrected chi connectivity index (χ2v) is 8.13. The highest BCUT2D eigenvalue weighted by Gasteiger charge is 2.14. The molecule has 33 heavy (non-hydrogen) atoms. The fraction of sp³-hybridized carbons (Fsp3) is 0.222. The molecule has 4 rings (SSSR count). The van der Waals surface area contributed by atoms with Crippen molar-refractivity contribution in [1.29, 1.82) is 0 Å². The van der Waals surface area contributed by atoms with Crippen molar-refractivity contribution in [2.24, 2.45) is 5.10 Å². The van der Waals surface area contributed by atoms with Gasteiger partial charge in [0.05, 0.1) is 24.2 Å². The first-order chi connectivity index (χ1) is 16.0. The molecule has 0 unspecified atom stereocenters. The Labute approximate surface area is 193 Å². The molecule has 3 aromatic carbocycles. The lowest BCUT2D eigenvalue weighted by atomic mass is 10.0. The van der Waals surface area contributed by atoms with Crippen molar-refractivity contribution in [2.45, 2.75) is 33.3 Å². The molecule has 0 bridgehead atoms. The second kappa shape index (κ2) is 9.69. The van der Waals surface area contributed by atoms with Crippen LogP contribution in [0.5, 0.6) is 11.5 Å². The normalized spacial score (nSPS) is 11.4. The van der Waals surface area contributed by atoms with E-state index in [1.807, 2.05) is 55.5 Å². The monoisotopic (exact) mass is 441 g/mol. The van der Waals surface area contributed by atoms with Crippen molar-refractivity contribution in [3.63, 3.8) is 0 Å². The molecule has 4 aromatic rings. The molecular weight excluding hydrogens is 414 g/mol. The Morgan fingerprint density at radius 3 is 2.58 bits per heavy atom. The van der Waals surface area contributed by atoms with Gasteiger partial charge in [-0.2, -0.15) is 9.78 Å². The number of hydrogen-bond donors (Lipinski definition) is 0. The minimum absolute atomic E-state index is 0.104. The summed E-state index contributed by atoms with van der Waals surface area (Å²) in [7, 11) is 1.60. The summed E-state index contributed by atoms with van der Waals surface area (Å²) in [5.41, 5.74) is 3.32. The van der Waals surface area contributed by atoms with Crippen LogP contribution in [0.25, 0.3) is 10.9 Å². The van der Waals surface area contributed by atoms with Crippen LogP contribution < -0.4 is 15.0 Å². The number of rotatable bonds is 7. The highest BCUT2D eigenvalue weighted by atomic mass is 16.5. The zero-order chi connectivity index (χ0) is 23.4. The molecular formula is C27H27N3O3. The van der Waals surface area contributed by atoms with Gasteiger partial charge in [-0.05, 0) is 54.3 Å². The number of aromatic nitrogens is 2. The molecule has 0 N–H and O–H groups in total. The molecule has 0 spiro atoms. The van der Waals surface area contributed by atoms with E-state index in [2.05, 4.69) is 31.1 Å². The second-order valence-electron chi connectivity index (χ2n) is 8.13. The van der Waals surface area contributed by atoms with Crippen LogP contribution >= 0.6 is 0 Å². The van der Waals surface area contributed by atoms with Gasteiger partial charge < -0.3 is 9.47 Å². The molecule has 0 amide bonds. The quantitative estimate of drug-likeness (QED) is 0.365. The number of methoxy groups -OCH3 is 1. The molecule has 6 heteroatoms. The minimum atomic E-state index is -0.251. The summed E-state index contributed by atoms with van der Waals surface area (Å²) >= 11 is 0. The van der Waals surface area contributed by atoms with Crippen molar-refractivity contribution in [1.82, 2.24) is 9.66 Å². The minimum Gasteiger partial charge on any atom is -0.496 e. The van der Waals surface area contributed by atoms with Gasteiger partial charge in [-0.25, -0.2) is 4.98 Å². The maximum atomic E-state index is 13.3. The van der Waals surface area contributed by atoms with E-state index < -0.39 is 0 Å². The first kappa shape index (κ1) is 22.3. The van der Waals surface area contributed by atoms with Gasteiger partial charge in [-0.1, -0.05) is 50.2 Å². The topological polar surface area (TPSA) is 65.7 Å². The highest BCUT2D eigenvalue weighted by Crippen LogP contribution is 2.28. The average Bonchev–Trinajstić information content (AvgIpc) is 2.82. The van der Waals surface area contributed by atoms with Crippen molar-refractivity contribution >= 4 is 17.1 Å². The fourth-order valence-electron chi connectivity index (χ4n) is 3.66. The number of benzene rings is 3. The van der Waals surface area contributed by atoms with Crippen molar-refractivity contribution in [3.05, 3.63) is 99.6 Å². The zero-order valence-electron chi connectivity index (χ0n) is 19.3. The Hall–Kier alpha value is -3.93. The van der Waals surface area contributed by atoms with E-state index in [1.54, 1.807) is 19.4 Å². The van der Waals surface area contributed by atoms with Gasteiger partial charge in [0.15, 0.2) is 5.82 Å². The average molecular weight is 442 g/mol. The molecule has 0 radical (unpaired) electrons. The van der Waals surface area contributed by atoms with Crippen LogP contribution in [0.2, 0.25) is 0 Å². The summed E-state index contributed by atoms with van der Waals surface area (Å²) < 4.78 is 12.9. The first-order valence-electron chi connectivity index (χ1n) is 10.9. The molecule has 0 fully saturated rings.